The first-order valence-corrected chi connectivity index (χ1v) is 11.9. The van der Waals surface area contributed by atoms with Crippen molar-refractivity contribution in [3.63, 3.8) is 0 Å². The van der Waals surface area contributed by atoms with Crippen molar-refractivity contribution < 1.29 is 14.3 Å². The third kappa shape index (κ3) is 6.27. The highest BCUT2D eigenvalue weighted by atomic mass is 79.9. The maximum absolute atomic E-state index is 12.9. The number of nitrogens with zero attached hydrogens (tertiary/aromatic N) is 2. The van der Waals surface area contributed by atoms with E-state index in [1.165, 1.54) is 0 Å². The molecule has 0 unspecified atom stereocenters. The molecule has 1 fully saturated rings. The van der Waals surface area contributed by atoms with E-state index in [2.05, 4.69) is 22.0 Å². The van der Waals surface area contributed by atoms with Crippen molar-refractivity contribution >= 4 is 39.5 Å². The molecule has 1 aliphatic rings. The molecule has 0 N–H and O–H groups in total. The van der Waals surface area contributed by atoms with Crippen molar-refractivity contribution in [2.24, 2.45) is 0 Å². The van der Waals surface area contributed by atoms with Gasteiger partial charge in [-0.3, -0.25) is 4.79 Å². The molecule has 2 aromatic carbocycles. The van der Waals surface area contributed by atoms with Crippen LogP contribution in [0.5, 0.6) is 11.5 Å². The minimum absolute atomic E-state index is 0.117. The van der Waals surface area contributed by atoms with Crippen molar-refractivity contribution in [2.75, 3.05) is 19.7 Å². The van der Waals surface area contributed by atoms with Gasteiger partial charge in [-0.1, -0.05) is 42.6 Å². The summed E-state index contributed by atoms with van der Waals surface area (Å²) in [5.41, 5.74) is 1.67. The Hall–Kier alpha value is -2.49. The number of amides is 1. The Kier molecular flexibility index (Phi) is 9.01. The van der Waals surface area contributed by atoms with Crippen LogP contribution in [0.1, 0.15) is 43.7 Å². The maximum atomic E-state index is 12.9. The van der Waals surface area contributed by atoms with Crippen molar-refractivity contribution in [3.8, 4) is 17.6 Å². The molecule has 2 aromatic rings. The molecule has 1 aliphatic heterocycles. The van der Waals surface area contributed by atoms with Crippen molar-refractivity contribution in [3.05, 3.63) is 62.6 Å². The summed E-state index contributed by atoms with van der Waals surface area (Å²) in [6.07, 6.45) is 5.80. The van der Waals surface area contributed by atoms with E-state index in [1.807, 2.05) is 37.3 Å². The summed E-state index contributed by atoms with van der Waals surface area (Å²) >= 11 is 9.79. The van der Waals surface area contributed by atoms with Crippen LogP contribution in [0, 0.1) is 11.3 Å². The fourth-order valence-corrected chi connectivity index (χ4v) is 4.36. The molecule has 5 nitrogen and oxygen atoms in total. The Morgan fingerprint density at radius 1 is 1.19 bits per heavy atom. The Bertz CT molecular complexity index is 1020. The van der Waals surface area contributed by atoms with Crippen LogP contribution in [-0.4, -0.2) is 30.5 Å². The Morgan fingerprint density at radius 3 is 2.56 bits per heavy atom. The number of benzene rings is 2. The molecule has 7 heteroatoms. The Balaban J connectivity index is 1.85. The zero-order valence-corrected chi connectivity index (χ0v) is 20.4. The van der Waals surface area contributed by atoms with Crippen LogP contribution in [0.2, 0.25) is 5.02 Å². The Morgan fingerprint density at radius 2 is 1.91 bits per heavy atom. The molecular formula is C25H26BrClN2O3. The summed E-state index contributed by atoms with van der Waals surface area (Å²) in [6.45, 7) is 4.00. The lowest BCUT2D eigenvalue weighted by Crippen LogP contribution is -2.32. The van der Waals surface area contributed by atoms with Gasteiger partial charge in [-0.25, -0.2) is 0 Å². The summed E-state index contributed by atoms with van der Waals surface area (Å²) < 4.78 is 12.5. The lowest BCUT2D eigenvalue weighted by molar-refractivity contribution is -0.126. The number of rotatable bonds is 7. The maximum Gasteiger partial charge on any atom is 0.264 e. The summed E-state index contributed by atoms with van der Waals surface area (Å²) in [7, 11) is 0. The second-order valence-electron chi connectivity index (χ2n) is 7.52. The zero-order chi connectivity index (χ0) is 22.9. The van der Waals surface area contributed by atoms with Crippen LogP contribution in [0.3, 0.4) is 0 Å². The van der Waals surface area contributed by atoms with Crippen LogP contribution < -0.4 is 9.47 Å². The van der Waals surface area contributed by atoms with Crippen LogP contribution >= 0.6 is 27.5 Å². The topological polar surface area (TPSA) is 62.6 Å². The number of hydrogen-bond acceptors (Lipinski definition) is 4. The predicted molar refractivity (Wildman–Crippen MR) is 130 cm³/mol. The van der Waals surface area contributed by atoms with E-state index in [-0.39, 0.29) is 18.1 Å². The number of nitriles is 1. The number of hydrogen-bond donors (Lipinski definition) is 0. The van der Waals surface area contributed by atoms with Gasteiger partial charge in [0.1, 0.15) is 18.2 Å². The molecule has 0 atom stereocenters. The number of likely N-dealkylation sites (tertiary alicyclic amines) is 1. The van der Waals surface area contributed by atoms with E-state index < -0.39 is 0 Å². The van der Waals surface area contributed by atoms with E-state index in [1.54, 1.807) is 17.0 Å². The molecule has 1 amide bonds. The predicted octanol–water partition coefficient (Wildman–Crippen LogP) is 6.39. The van der Waals surface area contributed by atoms with Gasteiger partial charge in [0.25, 0.3) is 5.91 Å². The van der Waals surface area contributed by atoms with E-state index in [9.17, 15) is 10.1 Å². The van der Waals surface area contributed by atoms with Gasteiger partial charge in [0, 0.05) is 23.7 Å². The van der Waals surface area contributed by atoms with E-state index in [4.69, 9.17) is 21.1 Å². The first-order chi connectivity index (χ1) is 15.5. The summed E-state index contributed by atoms with van der Waals surface area (Å²) in [5.74, 6) is 0.850. The van der Waals surface area contributed by atoms with E-state index in [0.29, 0.717) is 46.3 Å². The van der Waals surface area contributed by atoms with Gasteiger partial charge in [0.05, 0.1) is 11.1 Å². The third-order valence-corrected chi connectivity index (χ3v) is 6.17. The highest BCUT2D eigenvalue weighted by Crippen LogP contribution is 2.38. The molecule has 0 bridgehead atoms. The molecule has 0 aromatic heterocycles. The molecule has 1 heterocycles. The normalized spacial score (nSPS) is 14.4. The van der Waals surface area contributed by atoms with Gasteiger partial charge < -0.3 is 14.4 Å². The van der Waals surface area contributed by atoms with Crippen molar-refractivity contribution in [1.29, 1.82) is 5.26 Å². The van der Waals surface area contributed by atoms with Gasteiger partial charge in [0.15, 0.2) is 11.5 Å². The van der Waals surface area contributed by atoms with Gasteiger partial charge in [-0.15, -0.1) is 0 Å². The quantitative estimate of drug-likeness (QED) is 0.315. The first-order valence-electron chi connectivity index (χ1n) is 10.8. The van der Waals surface area contributed by atoms with Crippen LogP contribution in [0.4, 0.5) is 0 Å². The second kappa shape index (κ2) is 11.9. The van der Waals surface area contributed by atoms with Crippen LogP contribution in [0.15, 0.2) is 46.4 Å². The number of carbonyl (C=O) groups excluding carboxylic acids is 1. The van der Waals surface area contributed by atoms with Crippen LogP contribution in [-0.2, 0) is 11.4 Å². The molecule has 3 rings (SSSR count). The summed E-state index contributed by atoms with van der Waals surface area (Å²) in [5, 5.41) is 10.3. The fourth-order valence-electron chi connectivity index (χ4n) is 3.59. The molecule has 0 spiro atoms. The minimum atomic E-state index is -0.220. The standard InChI is InChI=1S/C25H26BrClN2O3/c1-2-31-23-15-18(13-20(16-28)25(30)29-11-7-3-4-8-12-29)14-21(26)24(23)32-17-19-9-5-6-10-22(19)27/h5-6,9-10,13-15H,2-4,7-8,11-12,17H2,1H3. The van der Waals surface area contributed by atoms with E-state index in [0.717, 1.165) is 31.2 Å². The first kappa shape index (κ1) is 24.2. The second-order valence-corrected chi connectivity index (χ2v) is 8.78. The SMILES string of the molecule is CCOc1cc(C=C(C#N)C(=O)N2CCCCCC2)cc(Br)c1OCc1ccccc1Cl. The molecule has 0 radical (unpaired) electrons. The van der Waals surface area contributed by atoms with Gasteiger partial charge >= 0.3 is 0 Å². The molecule has 0 saturated carbocycles. The monoisotopic (exact) mass is 516 g/mol. The average Bonchev–Trinajstić information content (AvgIpc) is 3.07. The van der Waals surface area contributed by atoms with E-state index >= 15 is 0 Å². The van der Waals surface area contributed by atoms with Crippen molar-refractivity contribution in [1.82, 2.24) is 4.90 Å². The van der Waals surface area contributed by atoms with Gasteiger partial charge in [0.2, 0.25) is 0 Å². The lowest BCUT2D eigenvalue weighted by atomic mass is 10.1. The van der Waals surface area contributed by atoms with Gasteiger partial charge in [-0.05, 0) is 65.5 Å². The third-order valence-electron chi connectivity index (χ3n) is 5.22. The molecular weight excluding hydrogens is 492 g/mol. The highest BCUT2D eigenvalue weighted by molar-refractivity contribution is 9.10. The summed E-state index contributed by atoms with van der Waals surface area (Å²) in [6, 6.07) is 13.2. The number of halogens is 2. The highest BCUT2D eigenvalue weighted by Gasteiger charge is 2.20. The largest absolute Gasteiger partial charge is 0.490 e. The number of carbonyl (C=O) groups is 1. The van der Waals surface area contributed by atoms with Gasteiger partial charge in [-0.2, -0.15) is 5.26 Å². The summed E-state index contributed by atoms with van der Waals surface area (Å²) in [4.78, 5) is 14.7. The molecule has 168 valence electrons. The minimum Gasteiger partial charge on any atom is -0.490 e. The smallest absolute Gasteiger partial charge is 0.264 e. The fraction of sp³-hybridized carbons (Fsp3) is 0.360. The zero-order valence-electron chi connectivity index (χ0n) is 18.1. The average molecular weight is 518 g/mol. The molecule has 0 aliphatic carbocycles. The molecule has 1 saturated heterocycles. The Labute approximate surface area is 202 Å². The van der Waals surface area contributed by atoms with Crippen LogP contribution in [0.25, 0.3) is 6.08 Å². The number of ether oxygens (including phenoxy) is 2. The molecule has 32 heavy (non-hydrogen) atoms. The lowest BCUT2D eigenvalue weighted by Gasteiger charge is -2.19. The van der Waals surface area contributed by atoms with Crippen molar-refractivity contribution in [2.45, 2.75) is 39.2 Å².